The van der Waals surface area contributed by atoms with Gasteiger partial charge in [-0.3, -0.25) is 14.5 Å². The van der Waals surface area contributed by atoms with Crippen molar-refractivity contribution in [2.24, 2.45) is 28.8 Å². The van der Waals surface area contributed by atoms with Crippen molar-refractivity contribution in [3.63, 3.8) is 0 Å². The van der Waals surface area contributed by atoms with Crippen LogP contribution in [0.1, 0.15) is 74.1 Å². The van der Waals surface area contributed by atoms with Crippen LogP contribution in [-0.2, 0) is 33.4 Å². The Morgan fingerprint density at radius 1 is 1.08 bits per heavy atom. The lowest BCUT2D eigenvalue weighted by atomic mass is 9.75. The Labute approximate surface area is 312 Å². The minimum absolute atomic E-state index is 0.223. The van der Waals surface area contributed by atoms with Crippen molar-refractivity contribution in [3.8, 4) is 12.3 Å². The molecule has 0 amide bonds. The number of carbonyl (C=O) groups excluding carboxylic acids is 2. The van der Waals surface area contributed by atoms with E-state index in [-0.39, 0.29) is 18.6 Å². The Hall–Kier alpha value is -1.42. The summed E-state index contributed by atoms with van der Waals surface area (Å²) in [7, 11) is 7.33. The van der Waals surface area contributed by atoms with Gasteiger partial charge in [0.2, 0.25) is 0 Å². The lowest BCUT2D eigenvalue weighted by Gasteiger charge is -2.47. The quantitative estimate of drug-likeness (QED) is 0.0533. The van der Waals surface area contributed by atoms with E-state index in [0.29, 0.717) is 38.1 Å². The molecule has 2 aliphatic rings. The van der Waals surface area contributed by atoms with E-state index in [0.717, 1.165) is 6.54 Å². The first-order valence-electron chi connectivity index (χ1n) is 17.5. The second kappa shape index (κ2) is 19.6. The number of rotatable bonds is 11. The lowest BCUT2D eigenvalue weighted by molar-refractivity contribution is -0.295. The van der Waals surface area contributed by atoms with Crippen LogP contribution in [0.15, 0.2) is 5.16 Å². The van der Waals surface area contributed by atoms with Crippen molar-refractivity contribution in [3.05, 3.63) is 0 Å². The van der Waals surface area contributed by atoms with Crippen molar-refractivity contribution < 1.29 is 48.7 Å². The second-order valence-electron chi connectivity index (χ2n) is 14.9. The minimum atomic E-state index is -1.91. The van der Waals surface area contributed by atoms with Crippen LogP contribution in [0.2, 0.25) is 0 Å². The van der Waals surface area contributed by atoms with Crippen LogP contribution in [0.4, 0.5) is 0 Å². The molecule has 1 unspecified atom stereocenters. The van der Waals surface area contributed by atoms with Crippen molar-refractivity contribution >= 4 is 40.1 Å². The molecule has 50 heavy (non-hydrogen) atoms. The number of aliphatic hydroxyl groups excluding tert-OH is 2. The molecule has 0 saturated carbocycles. The lowest BCUT2D eigenvalue weighted by Crippen LogP contribution is -2.60. The molecule has 13 atom stereocenters. The molecule has 2 fully saturated rings. The summed E-state index contributed by atoms with van der Waals surface area (Å²) >= 11 is 1.76. The van der Waals surface area contributed by atoms with Crippen LogP contribution >= 0.6 is 22.6 Å². The first-order valence-corrected chi connectivity index (χ1v) is 18.8. The highest BCUT2D eigenvalue weighted by Gasteiger charge is 2.51. The molecule has 0 aliphatic carbocycles. The topological polar surface area (TPSA) is 160 Å². The molecule has 0 bridgehead atoms. The van der Waals surface area contributed by atoms with Crippen molar-refractivity contribution in [2.45, 2.75) is 126 Å². The predicted octanol–water partition coefficient (Wildman–Crippen LogP) is 2.85. The summed E-state index contributed by atoms with van der Waals surface area (Å²) in [6.45, 7) is 13.5. The molecule has 2 rings (SSSR count). The normalized spacial score (nSPS) is 40.4. The number of carbonyl (C=O) groups is 2. The van der Waals surface area contributed by atoms with E-state index in [4.69, 9.17) is 30.2 Å². The maximum atomic E-state index is 14.1. The first kappa shape index (κ1) is 44.7. The van der Waals surface area contributed by atoms with E-state index >= 15 is 0 Å². The molecule has 0 spiro atoms. The Kier molecular flexibility index (Phi) is 17.5. The zero-order chi connectivity index (χ0) is 38.1. The molecule has 13 nitrogen and oxygen atoms in total. The van der Waals surface area contributed by atoms with E-state index in [1.54, 1.807) is 43.4 Å². The number of likely N-dealkylation sites (N-methyl/N-ethyl adjacent to an activating group) is 1. The average molecular weight is 824 g/mol. The number of terminal acetylenes is 1. The largest absolute Gasteiger partial charge is 0.448 e. The highest BCUT2D eigenvalue weighted by molar-refractivity contribution is 14.1. The number of Topliss-reactive ketones (excluding diaryl/α,β-unsaturated/α-hetero) is 1. The van der Waals surface area contributed by atoms with Crippen LogP contribution < -0.4 is 0 Å². The number of ketones is 1. The average Bonchev–Trinajstić information content (AvgIpc) is 3.06. The molecule has 0 radical (unpaired) electrons. The summed E-state index contributed by atoms with van der Waals surface area (Å²) in [4.78, 5) is 37.2. The molecule has 2 heterocycles. The van der Waals surface area contributed by atoms with E-state index < -0.39 is 75.3 Å². The van der Waals surface area contributed by atoms with Crippen molar-refractivity contribution in [2.75, 3.05) is 47.9 Å². The fraction of sp³-hybridized carbons (Fsp3) is 0.861. The highest BCUT2D eigenvalue weighted by atomic mass is 127. The second-order valence-corrected chi connectivity index (χ2v) is 16.0. The van der Waals surface area contributed by atoms with Gasteiger partial charge in [-0.25, -0.2) is 0 Å². The number of ether oxygens (including phenoxy) is 4. The van der Waals surface area contributed by atoms with Crippen LogP contribution in [0, 0.1) is 36.0 Å². The standard InChI is InChI=1S/C36H62IN3O10/c1-13-14-17-40(11)26-19-22(3)48-33(29(26)42)49-31-24(5)28(41)25(6)32(44)50-34(37)36(8,45)30(43)23(4)27(21(2)20-35(31,7)46-12)38-47-18-15-16-39(9)10/h1,21-26,29-31,33-34,42-43,45H,14-20H2,2-12H3/b38-27+/t21-,22-,23+,24+,25-,26?,29-,30-,31-,33+,34+,35-,36+/m1/s1. The van der Waals surface area contributed by atoms with Gasteiger partial charge in [-0.1, -0.05) is 25.9 Å². The predicted molar refractivity (Wildman–Crippen MR) is 198 cm³/mol. The number of aliphatic hydroxyl groups is 3. The number of oxime groups is 1. The number of methoxy groups -OCH3 is 1. The van der Waals surface area contributed by atoms with Gasteiger partial charge < -0.3 is 44.0 Å². The number of cyclic esters (lactones) is 1. The monoisotopic (exact) mass is 823 g/mol. The highest BCUT2D eigenvalue weighted by Crippen LogP contribution is 2.39. The van der Waals surface area contributed by atoms with Crippen molar-refractivity contribution in [1.29, 1.82) is 0 Å². The molecule has 3 N–H and O–H groups in total. The Balaban J connectivity index is 2.65. The molecule has 2 saturated heterocycles. The molecular weight excluding hydrogens is 761 g/mol. The van der Waals surface area contributed by atoms with Gasteiger partial charge in [0, 0.05) is 50.4 Å². The molecule has 14 heteroatoms. The van der Waals surface area contributed by atoms with E-state index in [1.165, 1.54) is 21.0 Å². The molecule has 2 aliphatic heterocycles. The zero-order valence-corrected chi connectivity index (χ0v) is 34.0. The Morgan fingerprint density at radius 2 is 1.72 bits per heavy atom. The van der Waals surface area contributed by atoms with Gasteiger partial charge in [0.1, 0.15) is 24.2 Å². The summed E-state index contributed by atoms with van der Waals surface area (Å²) in [5, 5.41) is 39.1. The van der Waals surface area contributed by atoms with Gasteiger partial charge >= 0.3 is 5.97 Å². The fourth-order valence-corrected chi connectivity index (χ4v) is 7.54. The number of alkyl halides is 1. The molecule has 0 aromatic carbocycles. The van der Waals surface area contributed by atoms with Gasteiger partial charge in [-0.15, -0.1) is 12.3 Å². The number of hydrogen-bond donors (Lipinski definition) is 3. The smallest absolute Gasteiger partial charge is 0.317 e. The fourth-order valence-electron chi connectivity index (χ4n) is 6.92. The van der Waals surface area contributed by atoms with Crippen molar-refractivity contribution in [1.82, 2.24) is 9.80 Å². The van der Waals surface area contributed by atoms with Crippen LogP contribution in [0.3, 0.4) is 0 Å². The maximum Gasteiger partial charge on any atom is 0.317 e. The summed E-state index contributed by atoms with van der Waals surface area (Å²) in [5.41, 5.74) is -2.69. The van der Waals surface area contributed by atoms with Crippen LogP contribution in [0.25, 0.3) is 0 Å². The third kappa shape index (κ3) is 11.3. The summed E-state index contributed by atoms with van der Waals surface area (Å²) in [6, 6.07) is -0.331. The number of nitrogens with zero attached hydrogens (tertiary/aromatic N) is 3. The molecular formula is C36H62IN3O10. The van der Waals surface area contributed by atoms with E-state index in [2.05, 4.69) is 11.1 Å². The molecule has 0 aromatic rings. The SMILES string of the molecule is C#CCCN(C)C1C[C@@H](C)O[C@@H](O[C@@H]2[C@@H](C)C(=O)[C@@H](C)C(=O)O[C@H](I)[C@@](C)(O)[C@H](O)[C@@H](C)/C(=N/OCCCN(C)C)[C@H](C)C[C@@]2(C)OC)[C@@H]1O. The third-order valence-corrected chi connectivity index (χ3v) is 11.8. The zero-order valence-electron chi connectivity index (χ0n) is 31.8. The summed E-state index contributed by atoms with van der Waals surface area (Å²) < 4.78 is 23.4. The van der Waals surface area contributed by atoms with Crippen LogP contribution in [0.5, 0.6) is 0 Å². The maximum absolute atomic E-state index is 14.1. The minimum Gasteiger partial charge on any atom is -0.448 e. The molecule has 0 aromatic heterocycles. The first-order chi connectivity index (χ1) is 23.2. The van der Waals surface area contributed by atoms with Gasteiger partial charge in [-0.05, 0) is 90.7 Å². The summed E-state index contributed by atoms with van der Waals surface area (Å²) in [5.74, 6) is -2.08. The van der Waals surface area contributed by atoms with Gasteiger partial charge in [0.15, 0.2) is 16.2 Å². The van der Waals surface area contributed by atoms with Gasteiger partial charge in [-0.2, -0.15) is 0 Å². The Bertz CT molecular complexity index is 1180. The number of halogens is 1. The van der Waals surface area contributed by atoms with Crippen LogP contribution in [-0.4, -0.2) is 143 Å². The van der Waals surface area contributed by atoms with Gasteiger partial charge in [0.25, 0.3) is 0 Å². The van der Waals surface area contributed by atoms with E-state index in [1.807, 2.05) is 44.8 Å². The van der Waals surface area contributed by atoms with Gasteiger partial charge in [0.05, 0.1) is 29.6 Å². The van der Waals surface area contributed by atoms with E-state index in [9.17, 15) is 24.9 Å². The third-order valence-electron chi connectivity index (χ3n) is 10.3. The Morgan fingerprint density at radius 3 is 2.30 bits per heavy atom. The number of esters is 1. The molecule has 288 valence electrons. The summed E-state index contributed by atoms with van der Waals surface area (Å²) in [6.07, 6.45) is 2.51. The number of hydrogen-bond acceptors (Lipinski definition) is 13.